The van der Waals surface area contributed by atoms with Crippen LogP contribution in [0.3, 0.4) is 0 Å². The molecule has 0 aromatic carbocycles. The van der Waals surface area contributed by atoms with Crippen molar-refractivity contribution < 1.29 is 8.42 Å². The van der Waals surface area contributed by atoms with Crippen LogP contribution in [-0.2, 0) is 10.0 Å². The second kappa shape index (κ2) is 6.82. The van der Waals surface area contributed by atoms with Crippen LogP contribution in [0.25, 0.3) is 0 Å². The fourth-order valence-corrected chi connectivity index (χ4v) is 4.85. The van der Waals surface area contributed by atoms with Gasteiger partial charge in [0.2, 0.25) is 10.0 Å². The van der Waals surface area contributed by atoms with E-state index in [0.29, 0.717) is 17.3 Å². The highest BCUT2D eigenvalue weighted by Crippen LogP contribution is 2.20. The quantitative estimate of drug-likeness (QED) is 0.768. The fourth-order valence-electron chi connectivity index (χ4n) is 1.74. The van der Waals surface area contributed by atoms with Crippen LogP contribution in [0.1, 0.15) is 23.4 Å². The van der Waals surface area contributed by atoms with Crippen LogP contribution in [-0.4, -0.2) is 21.5 Å². The van der Waals surface area contributed by atoms with Crippen molar-refractivity contribution in [3.63, 3.8) is 0 Å². The number of nitrogens with one attached hydrogen (secondary N) is 2. The summed E-state index contributed by atoms with van der Waals surface area (Å²) in [5.74, 6) is 0. The number of rotatable bonds is 7. The molecule has 2 rings (SSSR count). The van der Waals surface area contributed by atoms with E-state index in [0.717, 1.165) is 4.88 Å². The zero-order valence-electron chi connectivity index (χ0n) is 11.4. The Kier molecular flexibility index (Phi) is 5.34. The summed E-state index contributed by atoms with van der Waals surface area (Å²) in [6.45, 7) is 4.95. The average Bonchev–Trinajstić information content (AvgIpc) is 3.05. The Morgan fingerprint density at radius 1 is 1.25 bits per heavy atom. The van der Waals surface area contributed by atoms with Crippen molar-refractivity contribution >= 4 is 32.7 Å². The van der Waals surface area contributed by atoms with Gasteiger partial charge >= 0.3 is 0 Å². The first-order chi connectivity index (χ1) is 9.49. The molecule has 0 spiro atoms. The Bertz CT molecular complexity index is 632. The fraction of sp³-hybridized carbons (Fsp3) is 0.385. The molecule has 0 aliphatic heterocycles. The summed E-state index contributed by atoms with van der Waals surface area (Å²) in [4.78, 5) is 0.995. The Morgan fingerprint density at radius 3 is 2.65 bits per heavy atom. The third kappa shape index (κ3) is 4.13. The molecule has 0 aliphatic rings. The van der Waals surface area contributed by atoms with Gasteiger partial charge in [-0.05, 0) is 48.4 Å². The molecule has 20 heavy (non-hydrogen) atoms. The lowest BCUT2D eigenvalue weighted by Gasteiger charge is -2.12. The minimum Gasteiger partial charge on any atom is -0.309 e. The molecule has 0 saturated heterocycles. The maximum absolute atomic E-state index is 12.0. The van der Waals surface area contributed by atoms with Gasteiger partial charge in [-0.2, -0.15) is 11.3 Å². The normalized spacial score (nSPS) is 13.5. The summed E-state index contributed by atoms with van der Waals surface area (Å²) >= 11 is 2.95. The predicted molar refractivity (Wildman–Crippen MR) is 85.0 cm³/mol. The minimum atomic E-state index is -3.36. The van der Waals surface area contributed by atoms with Crippen molar-refractivity contribution in [2.24, 2.45) is 0 Å². The molecule has 0 saturated carbocycles. The Morgan fingerprint density at radius 2 is 2.05 bits per heavy atom. The number of aryl methyl sites for hydroxylation is 1. The molecule has 1 unspecified atom stereocenters. The van der Waals surface area contributed by atoms with E-state index in [1.165, 1.54) is 16.9 Å². The lowest BCUT2D eigenvalue weighted by atomic mass is 10.2. The van der Waals surface area contributed by atoms with Gasteiger partial charge < -0.3 is 5.32 Å². The highest BCUT2D eigenvalue weighted by molar-refractivity contribution is 7.91. The predicted octanol–water partition coefficient (Wildman–Crippen LogP) is 2.75. The van der Waals surface area contributed by atoms with E-state index < -0.39 is 10.0 Å². The summed E-state index contributed by atoms with van der Waals surface area (Å²) in [6.07, 6.45) is 0. The van der Waals surface area contributed by atoms with Gasteiger partial charge in [-0.15, -0.1) is 11.3 Å². The van der Waals surface area contributed by atoms with E-state index in [9.17, 15) is 8.42 Å². The maximum Gasteiger partial charge on any atom is 0.250 e. The Hall–Kier alpha value is -0.730. The van der Waals surface area contributed by atoms with Gasteiger partial charge in [0, 0.05) is 24.0 Å². The van der Waals surface area contributed by atoms with Crippen molar-refractivity contribution in [3.8, 4) is 0 Å². The van der Waals surface area contributed by atoms with Crippen LogP contribution in [0.4, 0.5) is 0 Å². The van der Waals surface area contributed by atoms with E-state index in [2.05, 4.69) is 28.4 Å². The third-order valence-electron chi connectivity index (χ3n) is 2.89. The van der Waals surface area contributed by atoms with Gasteiger partial charge in [0.25, 0.3) is 0 Å². The molecule has 2 aromatic heterocycles. The first-order valence-corrected chi connectivity index (χ1v) is 9.55. The first-order valence-electron chi connectivity index (χ1n) is 6.30. The maximum atomic E-state index is 12.0. The lowest BCUT2D eigenvalue weighted by molar-refractivity contribution is 0.555. The van der Waals surface area contributed by atoms with Gasteiger partial charge in [0.15, 0.2) is 0 Å². The van der Waals surface area contributed by atoms with Crippen LogP contribution >= 0.6 is 22.7 Å². The number of hydrogen-bond donors (Lipinski definition) is 2. The third-order valence-corrected chi connectivity index (χ3v) is 6.55. The van der Waals surface area contributed by atoms with E-state index in [4.69, 9.17) is 0 Å². The number of thiophene rings is 2. The molecule has 0 amide bonds. The Balaban J connectivity index is 1.78. The van der Waals surface area contributed by atoms with Crippen LogP contribution in [0, 0.1) is 6.92 Å². The molecule has 0 fully saturated rings. The van der Waals surface area contributed by atoms with Crippen molar-refractivity contribution in [2.75, 3.05) is 13.1 Å². The topological polar surface area (TPSA) is 58.2 Å². The summed E-state index contributed by atoms with van der Waals surface area (Å²) < 4.78 is 27.0. The molecule has 0 bridgehead atoms. The molecule has 2 aromatic rings. The van der Waals surface area contributed by atoms with Crippen molar-refractivity contribution in [1.82, 2.24) is 10.0 Å². The summed E-state index contributed by atoms with van der Waals surface area (Å²) in [6, 6.07) is 5.76. The molecule has 0 radical (unpaired) electrons. The average molecular weight is 330 g/mol. The SMILES string of the molecule is Cc1ccc(S(=O)(=O)NCCNC(C)c2ccsc2)s1. The van der Waals surface area contributed by atoms with Gasteiger partial charge in [-0.1, -0.05) is 0 Å². The highest BCUT2D eigenvalue weighted by atomic mass is 32.2. The minimum absolute atomic E-state index is 0.231. The largest absolute Gasteiger partial charge is 0.309 e. The zero-order chi connectivity index (χ0) is 14.6. The standard InChI is InChI=1S/C13H18N2O2S3/c1-10-3-4-13(19-10)20(16,17)15-7-6-14-11(2)12-5-8-18-9-12/h3-5,8-9,11,14-15H,6-7H2,1-2H3. The van der Waals surface area contributed by atoms with Crippen molar-refractivity contribution in [1.29, 1.82) is 0 Å². The van der Waals surface area contributed by atoms with Crippen molar-refractivity contribution in [3.05, 3.63) is 39.4 Å². The molecular formula is C13H18N2O2S3. The molecule has 4 nitrogen and oxygen atoms in total. The van der Waals surface area contributed by atoms with Gasteiger partial charge in [0.1, 0.15) is 4.21 Å². The van der Waals surface area contributed by atoms with Crippen LogP contribution in [0.2, 0.25) is 0 Å². The lowest BCUT2D eigenvalue weighted by Crippen LogP contribution is -2.32. The van der Waals surface area contributed by atoms with E-state index in [-0.39, 0.29) is 6.04 Å². The van der Waals surface area contributed by atoms with E-state index >= 15 is 0 Å². The second-order valence-corrected chi connectivity index (χ2v) is 8.56. The molecule has 2 N–H and O–H groups in total. The summed E-state index contributed by atoms with van der Waals surface area (Å²) in [5.41, 5.74) is 1.23. The molecule has 0 aliphatic carbocycles. The van der Waals surface area contributed by atoms with Gasteiger partial charge in [-0.25, -0.2) is 13.1 Å². The Labute approximate surface area is 127 Å². The monoisotopic (exact) mass is 330 g/mol. The van der Waals surface area contributed by atoms with E-state index in [1.54, 1.807) is 17.4 Å². The molecule has 1 atom stereocenters. The second-order valence-electron chi connectivity index (χ2n) is 4.50. The number of hydrogen-bond acceptors (Lipinski definition) is 5. The summed E-state index contributed by atoms with van der Waals surface area (Å²) in [7, 11) is -3.36. The van der Waals surface area contributed by atoms with Crippen LogP contribution < -0.4 is 10.0 Å². The van der Waals surface area contributed by atoms with Crippen LogP contribution in [0.5, 0.6) is 0 Å². The number of sulfonamides is 1. The molecule has 2 heterocycles. The smallest absolute Gasteiger partial charge is 0.250 e. The van der Waals surface area contributed by atoms with Gasteiger partial charge in [-0.3, -0.25) is 0 Å². The highest BCUT2D eigenvalue weighted by Gasteiger charge is 2.15. The van der Waals surface area contributed by atoms with Gasteiger partial charge in [0.05, 0.1) is 0 Å². The molecular weight excluding hydrogens is 312 g/mol. The summed E-state index contributed by atoms with van der Waals surface area (Å²) in [5, 5.41) is 7.43. The zero-order valence-corrected chi connectivity index (χ0v) is 13.9. The van der Waals surface area contributed by atoms with Crippen LogP contribution in [0.15, 0.2) is 33.2 Å². The molecule has 7 heteroatoms. The molecule has 110 valence electrons. The first kappa shape index (κ1) is 15.7. The van der Waals surface area contributed by atoms with E-state index in [1.807, 2.05) is 18.4 Å². The van der Waals surface area contributed by atoms with Crippen molar-refractivity contribution in [2.45, 2.75) is 24.1 Å².